The molecular formula is C33H44FNO. The average Bonchev–Trinajstić information content (AvgIpc) is 2.91. The highest BCUT2D eigenvalue weighted by Gasteiger charge is 2.08. The molecular weight excluding hydrogens is 445 g/mol. The molecule has 194 valence electrons. The van der Waals surface area contributed by atoms with Gasteiger partial charge in [0.05, 0.1) is 12.3 Å². The number of halogens is 1. The van der Waals surface area contributed by atoms with Crippen LogP contribution in [0.15, 0.2) is 60.8 Å². The predicted octanol–water partition coefficient (Wildman–Crippen LogP) is 10.1. The van der Waals surface area contributed by atoms with E-state index < -0.39 is 0 Å². The van der Waals surface area contributed by atoms with Crippen LogP contribution in [0.25, 0.3) is 22.4 Å². The molecule has 0 radical (unpaired) electrons. The lowest BCUT2D eigenvalue weighted by atomic mass is 10.0. The highest BCUT2D eigenvalue weighted by atomic mass is 19.1. The second-order valence-corrected chi connectivity index (χ2v) is 10.1. The topological polar surface area (TPSA) is 22.1 Å². The van der Waals surface area contributed by atoms with Crippen LogP contribution in [-0.2, 0) is 6.42 Å². The molecule has 0 aliphatic rings. The van der Waals surface area contributed by atoms with Crippen LogP contribution in [0.4, 0.5) is 4.39 Å². The van der Waals surface area contributed by atoms with Crippen LogP contribution < -0.4 is 4.74 Å². The highest BCUT2D eigenvalue weighted by molar-refractivity contribution is 5.69. The maximum absolute atomic E-state index is 14.6. The van der Waals surface area contributed by atoms with E-state index in [0.29, 0.717) is 12.4 Å². The zero-order valence-corrected chi connectivity index (χ0v) is 22.6. The molecule has 2 nitrogen and oxygen atoms in total. The number of pyridine rings is 1. The number of hydrogen-bond donors (Lipinski definition) is 0. The molecule has 3 aromatic rings. The summed E-state index contributed by atoms with van der Waals surface area (Å²) >= 11 is 0. The molecule has 0 saturated heterocycles. The summed E-state index contributed by atoms with van der Waals surface area (Å²) in [5.41, 5.74) is 5.18. The molecule has 0 bridgehead atoms. The van der Waals surface area contributed by atoms with Gasteiger partial charge in [-0.1, -0.05) is 102 Å². The van der Waals surface area contributed by atoms with Crippen molar-refractivity contribution in [1.29, 1.82) is 0 Å². The van der Waals surface area contributed by atoms with Crippen molar-refractivity contribution in [2.24, 2.45) is 5.92 Å². The minimum absolute atomic E-state index is 0.305. The van der Waals surface area contributed by atoms with Crippen molar-refractivity contribution >= 4 is 0 Å². The largest absolute Gasteiger partial charge is 0.491 e. The molecule has 36 heavy (non-hydrogen) atoms. The van der Waals surface area contributed by atoms with E-state index in [0.717, 1.165) is 47.6 Å². The predicted molar refractivity (Wildman–Crippen MR) is 151 cm³/mol. The number of ether oxygens (including phenoxy) is 1. The summed E-state index contributed by atoms with van der Waals surface area (Å²) in [6, 6.07) is 17.7. The molecule has 2 aromatic carbocycles. The molecule has 0 aliphatic heterocycles. The van der Waals surface area contributed by atoms with Gasteiger partial charge in [0.25, 0.3) is 0 Å². The van der Waals surface area contributed by atoms with Crippen LogP contribution in [-0.4, -0.2) is 11.6 Å². The smallest absolute Gasteiger partial charge is 0.165 e. The maximum Gasteiger partial charge on any atom is 0.165 e. The van der Waals surface area contributed by atoms with Crippen LogP contribution in [0.1, 0.15) is 90.5 Å². The lowest BCUT2D eigenvalue weighted by Gasteiger charge is -2.11. The number of hydrogen-bond acceptors (Lipinski definition) is 2. The summed E-state index contributed by atoms with van der Waals surface area (Å²) < 4.78 is 20.3. The fraction of sp³-hybridized carbons (Fsp3) is 0.485. The molecule has 0 spiro atoms. The van der Waals surface area contributed by atoms with Gasteiger partial charge in [-0.2, -0.15) is 0 Å². The minimum Gasteiger partial charge on any atom is -0.491 e. The molecule has 3 heteroatoms. The standard InChI is InChI=1S/C33H44FNO/c1-4-6-7-8-9-10-14-27-15-21-32(35-25-27)29-18-16-28(17-19-29)30-20-22-33(31(34)24-30)36-23-12-11-13-26(3)5-2/h15-22,24-26H,4-14,23H2,1-3H3/t26-/m0/s1. The Bertz CT molecular complexity index is 1010. The van der Waals surface area contributed by atoms with E-state index in [4.69, 9.17) is 4.74 Å². The summed E-state index contributed by atoms with van der Waals surface area (Å²) in [6.45, 7) is 7.31. The van der Waals surface area contributed by atoms with Crippen molar-refractivity contribution in [2.75, 3.05) is 6.61 Å². The highest BCUT2D eigenvalue weighted by Crippen LogP contribution is 2.28. The van der Waals surface area contributed by atoms with Crippen molar-refractivity contribution < 1.29 is 9.13 Å². The number of benzene rings is 2. The Morgan fingerprint density at radius 1 is 0.778 bits per heavy atom. The lowest BCUT2D eigenvalue weighted by Crippen LogP contribution is -2.01. The van der Waals surface area contributed by atoms with E-state index in [2.05, 4.69) is 50.0 Å². The van der Waals surface area contributed by atoms with E-state index in [1.807, 2.05) is 24.4 Å². The van der Waals surface area contributed by atoms with E-state index in [1.54, 1.807) is 12.1 Å². The fourth-order valence-electron chi connectivity index (χ4n) is 4.46. The van der Waals surface area contributed by atoms with E-state index in [1.165, 1.54) is 56.9 Å². The third kappa shape index (κ3) is 9.08. The first-order valence-electron chi connectivity index (χ1n) is 14.1. The Balaban J connectivity index is 1.50. The van der Waals surface area contributed by atoms with Gasteiger partial charge in [0.1, 0.15) is 0 Å². The van der Waals surface area contributed by atoms with Gasteiger partial charge in [-0.25, -0.2) is 4.39 Å². The van der Waals surface area contributed by atoms with Crippen LogP contribution in [0, 0.1) is 11.7 Å². The zero-order valence-electron chi connectivity index (χ0n) is 22.6. The summed E-state index contributed by atoms with van der Waals surface area (Å²) in [4.78, 5) is 4.68. The maximum atomic E-state index is 14.6. The molecule has 3 rings (SSSR count). The van der Waals surface area contributed by atoms with Gasteiger partial charge < -0.3 is 4.74 Å². The Labute approximate surface area is 218 Å². The molecule has 0 fully saturated rings. The number of nitrogens with zero attached hydrogens (tertiary/aromatic N) is 1. The first-order valence-corrected chi connectivity index (χ1v) is 14.1. The van der Waals surface area contributed by atoms with Gasteiger partial charge in [-0.05, 0) is 66.5 Å². The molecule has 0 N–H and O–H groups in total. The van der Waals surface area contributed by atoms with E-state index >= 15 is 0 Å². The molecule has 1 atom stereocenters. The SMILES string of the molecule is CCCCCCCCc1ccc(-c2ccc(-c3ccc(OCCCC[C@@H](C)CC)c(F)c3)cc2)nc1. The molecule has 0 saturated carbocycles. The van der Waals surface area contributed by atoms with Crippen LogP contribution in [0.5, 0.6) is 5.75 Å². The van der Waals surface area contributed by atoms with Crippen molar-refractivity contribution in [2.45, 2.75) is 91.4 Å². The number of unbranched alkanes of at least 4 members (excludes halogenated alkanes) is 6. The van der Waals surface area contributed by atoms with E-state index in [-0.39, 0.29) is 5.82 Å². The Kier molecular flexibility index (Phi) is 12.0. The van der Waals surface area contributed by atoms with Gasteiger partial charge in [-0.15, -0.1) is 0 Å². The molecule has 0 aliphatic carbocycles. The van der Waals surface area contributed by atoms with Gasteiger partial charge in [-0.3, -0.25) is 4.98 Å². The lowest BCUT2D eigenvalue weighted by molar-refractivity contribution is 0.286. The third-order valence-electron chi connectivity index (χ3n) is 7.14. The van der Waals surface area contributed by atoms with Gasteiger partial charge in [0.15, 0.2) is 11.6 Å². The first kappa shape index (κ1) is 27.9. The number of rotatable bonds is 16. The van der Waals surface area contributed by atoms with Crippen molar-refractivity contribution in [1.82, 2.24) is 4.98 Å². The Morgan fingerprint density at radius 3 is 2.19 bits per heavy atom. The summed E-state index contributed by atoms with van der Waals surface area (Å²) in [5.74, 6) is 0.780. The zero-order chi connectivity index (χ0) is 25.6. The van der Waals surface area contributed by atoms with Crippen molar-refractivity contribution in [3.8, 4) is 28.1 Å². The minimum atomic E-state index is -0.305. The normalized spacial score (nSPS) is 12.0. The monoisotopic (exact) mass is 489 g/mol. The van der Waals surface area contributed by atoms with Gasteiger partial charge in [0, 0.05) is 11.8 Å². The van der Waals surface area contributed by atoms with Crippen LogP contribution in [0.3, 0.4) is 0 Å². The molecule has 0 unspecified atom stereocenters. The quantitative estimate of drug-likeness (QED) is 0.187. The molecule has 1 aromatic heterocycles. The van der Waals surface area contributed by atoms with Gasteiger partial charge >= 0.3 is 0 Å². The first-order chi connectivity index (χ1) is 17.6. The van der Waals surface area contributed by atoms with Crippen LogP contribution >= 0.6 is 0 Å². The summed E-state index contributed by atoms with van der Waals surface area (Å²) in [6.07, 6.45) is 15.5. The van der Waals surface area contributed by atoms with E-state index in [9.17, 15) is 4.39 Å². The molecule has 0 amide bonds. The second kappa shape index (κ2) is 15.4. The number of aromatic nitrogens is 1. The van der Waals surface area contributed by atoms with Crippen LogP contribution in [0.2, 0.25) is 0 Å². The number of aryl methyl sites for hydroxylation is 1. The molecule has 1 heterocycles. The summed E-state index contributed by atoms with van der Waals surface area (Å²) in [7, 11) is 0. The average molecular weight is 490 g/mol. The second-order valence-electron chi connectivity index (χ2n) is 10.1. The van der Waals surface area contributed by atoms with Gasteiger partial charge in [0.2, 0.25) is 0 Å². The Morgan fingerprint density at radius 2 is 1.50 bits per heavy atom. The third-order valence-corrected chi connectivity index (χ3v) is 7.14. The summed E-state index contributed by atoms with van der Waals surface area (Å²) in [5, 5.41) is 0. The Hall–Kier alpha value is -2.68. The fourth-order valence-corrected chi connectivity index (χ4v) is 4.46. The van der Waals surface area contributed by atoms with Crippen molar-refractivity contribution in [3.63, 3.8) is 0 Å². The van der Waals surface area contributed by atoms with Crippen molar-refractivity contribution in [3.05, 3.63) is 72.2 Å².